The number of unbranched alkanes of at least 4 members (excludes halogenated alkanes) is 1. The maximum Gasteiger partial charge on any atom is 0.326 e. The van der Waals surface area contributed by atoms with Gasteiger partial charge in [0, 0.05) is 19.3 Å². The van der Waals surface area contributed by atoms with Crippen molar-refractivity contribution in [2.75, 3.05) is 6.54 Å². The summed E-state index contributed by atoms with van der Waals surface area (Å²) in [4.78, 5) is 111. The molecule has 0 aromatic heterocycles. The first-order chi connectivity index (χ1) is 23.7. The van der Waals surface area contributed by atoms with E-state index in [1.54, 1.807) is 13.8 Å². The van der Waals surface area contributed by atoms with Crippen LogP contribution in [0.4, 0.5) is 0 Å². The lowest BCUT2D eigenvalue weighted by Gasteiger charge is -2.28. The molecular weight excluding hydrogens is 680 g/mol. The molecule has 0 aliphatic carbocycles. The molecule has 0 rings (SSSR count). The second-order valence-electron chi connectivity index (χ2n) is 12.2. The van der Waals surface area contributed by atoms with Gasteiger partial charge in [0.2, 0.25) is 35.4 Å². The lowest BCUT2D eigenvalue weighted by atomic mass is 10.0. The van der Waals surface area contributed by atoms with Gasteiger partial charge in [-0.3, -0.25) is 38.4 Å². The molecule has 6 amide bonds. The first-order valence-electron chi connectivity index (χ1n) is 16.3. The predicted octanol–water partition coefficient (Wildman–Crippen LogP) is -4.02. The molecular formula is C30H52N8O13. The summed E-state index contributed by atoms with van der Waals surface area (Å²) >= 11 is 0. The Morgan fingerprint density at radius 3 is 1.37 bits per heavy atom. The fraction of sp³-hybridized carbons (Fsp3) is 0.700. The summed E-state index contributed by atoms with van der Waals surface area (Å²) in [5.41, 5.74) is 16.5. The normalized spacial score (nSPS) is 15.1. The summed E-state index contributed by atoms with van der Waals surface area (Å²) in [6.07, 6.45) is -3.98. The van der Waals surface area contributed by atoms with Crippen LogP contribution in [-0.2, 0) is 43.2 Å². The zero-order valence-corrected chi connectivity index (χ0v) is 28.9. The Balaban J connectivity index is 6.21. The van der Waals surface area contributed by atoms with Crippen molar-refractivity contribution in [2.45, 2.75) is 121 Å². The van der Waals surface area contributed by atoms with Gasteiger partial charge < -0.3 is 64.2 Å². The van der Waals surface area contributed by atoms with Crippen molar-refractivity contribution < 1.29 is 63.6 Å². The first kappa shape index (κ1) is 46.1. The third kappa shape index (κ3) is 18.6. The van der Waals surface area contributed by atoms with Crippen molar-refractivity contribution >= 4 is 53.4 Å². The van der Waals surface area contributed by atoms with Gasteiger partial charge in [-0.1, -0.05) is 13.8 Å². The topological polar surface area (TPSA) is 373 Å². The number of primary amides is 1. The fourth-order valence-corrected chi connectivity index (χ4v) is 4.41. The molecule has 0 aliphatic rings. The van der Waals surface area contributed by atoms with Crippen molar-refractivity contribution in [3.8, 4) is 0 Å². The number of nitrogens with two attached hydrogens (primary N) is 3. The summed E-state index contributed by atoms with van der Waals surface area (Å²) < 4.78 is 0. The Morgan fingerprint density at radius 1 is 0.569 bits per heavy atom. The first-order valence-corrected chi connectivity index (χ1v) is 16.3. The average Bonchev–Trinajstić information content (AvgIpc) is 3.03. The van der Waals surface area contributed by atoms with Crippen LogP contribution in [0, 0.1) is 5.92 Å². The number of aliphatic hydroxyl groups is 1. The maximum atomic E-state index is 13.4. The van der Waals surface area contributed by atoms with Gasteiger partial charge >= 0.3 is 17.9 Å². The quantitative estimate of drug-likeness (QED) is 0.0377. The Hall–Kier alpha value is -4.89. The maximum absolute atomic E-state index is 13.4. The number of aliphatic carboxylic acids is 3. The van der Waals surface area contributed by atoms with Crippen molar-refractivity contribution in [2.24, 2.45) is 23.1 Å². The lowest BCUT2D eigenvalue weighted by molar-refractivity contribution is -0.143. The molecule has 0 aromatic rings. The molecule has 21 heteroatoms. The third-order valence-electron chi connectivity index (χ3n) is 7.52. The molecule has 0 unspecified atom stereocenters. The number of amides is 6. The van der Waals surface area contributed by atoms with E-state index in [2.05, 4.69) is 26.6 Å². The lowest BCUT2D eigenvalue weighted by Crippen LogP contribution is -2.61. The largest absolute Gasteiger partial charge is 0.481 e. The number of aliphatic hydroxyl groups excluding tert-OH is 1. The van der Waals surface area contributed by atoms with E-state index in [0.717, 1.165) is 6.92 Å². The monoisotopic (exact) mass is 732 g/mol. The van der Waals surface area contributed by atoms with Crippen molar-refractivity contribution in [1.29, 1.82) is 0 Å². The van der Waals surface area contributed by atoms with Gasteiger partial charge in [-0.2, -0.15) is 0 Å². The van der Waals surface area contributed by atoms with Crippen molar-refractivity contribution in [3.05, 3.63) is 0 Å². The number of rotatable bonds is 26. The number of nitrogens with one attached hydrogen (secondary N) is 5. The van der Waals surface area contributed by atoms with Gasteiger partial charge in [-0.15, -0.1) is 0 Å². The molecule has 0 saturated heterocycles. The SMILES string of the molecule is CC(C)[C@H](N)C(=O)N[C@@H](CCC(=O)O)C(=O)N[C@H](C(=O)N[C@@H](CCC(N)=O)C(=O)N[C@@H](CCC(=O)O)C(=O)N[C@@H](CCCCN)C(=O)O)[C@@H](C)O. The zero-order valence-electron chi connectivity index (χ0n) is 28.9. The van der Waals surface area contributed by atoms with E-state index in [0.29, 0.717) is 12.8 Å². The van der Waals surface area contributed by atoms with Crippen LogP contribution in [0.15, 0.2) is 0 Å². The molecule has 0 fully saturated rings. The van der Waals surface area contributed by atoms with Gasteiger partial charge in [0.25, 0.3) is 0 Å². The highest BCUT2D eigenvalue weighted by Gasteiger charge is 2.35. The van der Waals surface area contributed by atoms with Crippen LogP contribution < -0.4 is 43.8 Å². The van der Waals surface area contributed by atoms with Crippen molar-refractivity contribution in [3.63, 3.8) is 0 Å². The summed E-state index contributed by atoms with van der Waals surface area (Å²) in [6.45, 7) is 4.63. The summed E-state index contributed by atoms with van der Waals surface area (Å²) in [5, 5.41) is 49.4. The Bertz CT molecular complexity index is 1250. The van der Waals surface area contributed by atoms with E-state index in [-0.39, 0.29) is 18.9 Å². The molecule has 0 heterocycles. The van der Waals surface area contributed by atoms with Crippen molar-refractivity contribution in [1.82, 2.24) is 26.6 Å². The smallest absolute Gasteiger partial charge is 0.326 e. The molecule has 0 radical (unpaired) electrons. The van der Waals surface area contributed by atoms with Crippen LogP contribution in [-0.4, -0.2) is 123 Å². The number of hydrogen-bond acceptors (Lipinski definition) is 12. The highest BCUT2D eigenvalue weighted by Crippen LogP contribution is 2.08. The highest BCUT2D eigenvalue weighted by molar-refractivity contribution is 5.97. The molecule has 0 spiro atoms. The molecule has 0 bridgehead atoms. The minimum atomic E-state index is -1.82. The number of carbonyl (C=O) groups excluding carboxylic acids is 6. The minimum absolute atomic E-state index is 0.0208. The zero-order chi connectivity index (χ0) is 39.4. The van der Waals surface area contributed by atoms with Gasteiger partial charge in [0.05, 0.1) is 12.1 Å². The molecule has 0 aliphatic heterocycles. The van der Waals surface area contributed by atoms with Gasteiger partial charge in [0.15, 0.2) is 0 Å². The Labute approximate surface area is 294 Å². The molecule has 290 valence electrons. The van der Waals surface area contributed by atoms with E-state index in [1.807, 2.05) is 0 Å². The van der Waals surface area contributed by atoms with Crippen LogP contribution in [0.1, 0.15) is 78.6 Å². The van der Waals surface area contributed by atoms with Crippen LogP contribution >= 0.6 is 0 Å². The molecule has 51 heavy (non-hydrogen) atoms. The highest BCUT2D eigenvalue weighted by atomic mass is 16.4. The summed E-state index contributed by atoms with van der Waals surface area (Å²) in [7, 11) is 0. The fourth-order valence-electron chi connectivity index (χ4n) is 4.41. The van der Waals surface area contributed by atoms with E-state index in [9.17, 15) is 58.5 Å². The van der Waals surface area contributed by atoms with Gasteiger partial charge in [-0.05, 0) is 57.9 Å². The molecule has 21 nitrogen and oxygen atoms in total. The molecule has 15 N–H and O–H groups in total. The van der Waals surface area contributed by atoms with E-state index in [4.69, 9.17) is 22.3 Å². The van der Waals surface area contributed by atoms with Crippen LogP contribution in [0.2, 0.25) is 0 Å². The number of carbonyl (C=O) groups is 9. The molecule has 7 atom stereocenters. The van der Waals surface area contributed by atoms with E-state index < -0.39 is 134 Å². The number of carboxylic acids is 3. The second kappa shape index (κ2) is 23.5. The minimum Gasteiger partial charge on any atom is -0.481 e. The number of hydrogen-bond donors (Lipinski definition) is 12. The summed E-state index contributed by atoms with van der Waals surface area (Å²) in [5.74, 6) is -10.5. The van der Waals surface area contributed by atoms with Crippen LogP contribution in [0.5, 0.6) is 0 Å². The van der Waals surface area contributed by atoms with E-state index >= 15 is 0 Å². The Kier molecular flexibility index (Phi) is 21.2. The third-order valence-corrected chi connectivity index (χ3v) is 7.52. The number of carboxylic acid groups (broad SMARTS) is 3. The van der Waals surface area contributed by atoms with Crippen LogP contribution in [0.3, 0.4) is 0 Å². The predicted molar refractivity (Wildman–Crippen MR) is 177 cm³/mol. The molecule has 0 aromatic carbocycles. The Morgan fingerprint density at radius 2 is 0.980 bits per heavy atom. The molecule has 0 saturated carbocycles. The standard InChI is InChI=1S/C30H52N8O13/c1-14(2)23(33)28(48)35-18(9-12-22(43)44)27(47)38-24(15(3)39)29(49)36-16(7-10-20(32)40)25(45)34-17(8-11-21(41)42)26(46)37-19(30(50)51)6-4-5-13-31/h14-19,23-24,39H,4-13,31,33H2,1-3H3,(H2,32,40)(H,34,45)(H,35,48)(H,36,49)(H,37,46)(H,38,47)(H,41,42)(H,43,44)(H,50,51)/t15-,16+,17+,18+,19+,23+,24+/m1/s1. The van der Waals surface area contributed by atoms with Gasteiger partial charge in [0.1, 0.15) is 30.2 Å². The van der Waals surface area contributed by atoms with E-state index in [1.165, 1.54) is 0 Å². The van der Waals surface area contributed by atoms with Gasteiger partial charge in [-0.25, -0.2) is 4.79 Å². The summed E-state index contributed by atoms with van der Waals surface area (Å²) in [6, 6.07) is -9.10. The second-order valence-corrected chi connectivity index (χ2v) is 12.2. The van der Waals surface area contributed by atoms with Crippen LogP contribution in [0.25, 0.3) is 0 Å². The average molecular weight is 733 g/mol.